The van der Waals surface area contributed by atoms with E-state index in [9.17, 15) is 5.11 Å². The van der Waals surface area contributed by atoms with Crippen LogP contribution in [-0.2, 0) is 11.2 Å². The second-order valence-corrected chi connectivity index (χ2v) is 4.54. The molecule has 0 aliphatic heterocycles. The molecule has 0 fully saturated rings. The van der Waals surface area contributed by atoms with Gasteiger partial charge in [0, 0.05) is 13.0 Å². The molecule has 0 spiro atoms. The van der Waals surface area contributed by atoms with Crippen molar-refractivity contribution >= 4 is 0 Å². The largest absolute Gasteiger partial charge is 0.390 e. The zero-order chi connectivity index (χ0) is 12.7. The van der Waals surface area contributed by atoms with Gasteiger partial charge in [0.1, 0.15) is 0 Å². The van der Waals surface area contributed by atoms with E-state index in [0.717, 1.165) is 12.8 Å². The standard InChI is InChI=1S/C15H24O2/c1-4-7-15(17-5-2)14(16)11-13-9-6-8-12(3)10-13/h6,8-10,14-16H,4-5,7,11H2,1-3H3. The lowest BCUT2D eigenvalue weighted by atomic mass is 10.00. The van der Waals surface area contributed by atoms with E-state index in [-0.39, 0.29) is 6.10 Å². The molecule has 2 unspecified atom stereocenters. The van der Waals surface area contributed by atoms with E-state index in [4.69, 9.17) is 4.74 Å². The predicted octanol–water partition coefficient (Wildman–Crippen LogP) is 3.10. The summed E-state index contributed by atoms with van der Waals surface area (Å²) >= 11 is 0. The summed E-state index contributed by atoms with van der Waals surface area (Å²) < 4.78 is 5.60. The number of hydrogen-bond acceptors (Lipinski definition) is 2. The molecular formula is C15H24O2. The highest BCUT2D eigenvalue weighted by Gasteiger charge is 2.18. The van der Waals surface area contributed by atoms with Crippen molar-refractivity contribution in [2.24, 2.45) is 0 Å². The van der Waals surface area contributed by atoms with Gasteiger partial charge >= 0.3 is 0 Å². The summed E-state index contributed by atoms with van der Waals surface area (Å²) in [6, 6.07) is 8.29. The normalized spacial score (nSPS) is 14.6. The Labute approximate surface area is 105 Å². The molecule has 0 bridgehead atoms. The molecule has 0 amide bonds. The Kier molecular flexibility index (Phi) is 6.23. The summed E-state index contributed by atoms with van der Waals surface area (Å²) in [5, 5.41) is 10.2. The first-order chi connectivity index (χ1) is 8.17. The first-order valence-corrected chi connectivity index (χ1v) is 6.52. The SMILES string of the molecule is CCCC(OCC)C(O)Cc1cccc(C)c1. The van der Waals surface area contributed by atoms with E-state index in [1.54, 1.807) is 0 Å². The zero-order valence-electron chi connectivity index (χ0n) is 11.1. The third-order valence-electron chi connectivity index (χ3n) is 2.91. The average molecular weight is 236 g/mol. The van der Waals surface area contributed by atoms with Crippen molar-refractivity contribution in [1.29, 1.82) is 0 Å². The Morgan fingerprint density at radius 1 is 1.29 bits per heavy atom. The van der Waals surface area contributed by atoms with E-state index in [2.05, 4.69) is 32.0 Å². The van der Waals surface area contributed by atoms with Gasteiger partial charge in [-0.2, -0.15) is 0 Å². The Morgan fingerprint density at radius 3 is 2.65 bits per heavy atom. The Morgan fingerprint density at radius 2 is 2.06 bits per heavy atom. The molecule has 0 aromatic heterocycles. The highest BCUT2D eigenvalue weighted by molar-refractivity contribution is 5.22. The van der Waals surface area contributed by atoms with Crippen LogP contribution in [0.25, 0.3) is 0 Å². The topological polar surface area (TPSA) is 29.5 Å². The van der Waals surface area contributed by atoms with Gasteiger partial charge in [0.2, 0.25) is 0 Å². The van der Waals surface area contributed by atoms with Crippen LogP contribution in [0.4, 0.5) is 0 Å². The number of aliphatic hydroxyl groups excluding tert-OH is 1. The molecule has 2 atom stereocenters. The molecule has 1 aromatic carbocycles. The number of hydrogen-bond donors (Lipinski definition) is 1. The fourth-order valence-corrected chi connectivity index (χ4v) is 2.10. The van der Waals surface area contributed by atoms with Crippen molar-refractivity contribution in [1.82, 2.24) is 0 Å². The van der Waals surface area contributed by atoms with Gasteiger partial charge in [-0.3, -0.25) is 0 Å². The summed E-state index contributed by atoms with van der Waals surface area (Å²) in [6.45, 7) is 6.82. The number of ether oxygens (including phenoxy) is 1. The first kappa shape index (κ1) is 14.2. The summed E-state index contributed by atoms with van der Waals surface area (Å²) in [6.07, 6.45) is 2.19. The number of aryl methyl sites for hydroxylation is 1. The quantitative estimate of drug-likeness (QED) is 0.788. The van der Waals surface area contributed by atoms with Gasteiger partial charge in [-0.25, -0.2) is 0 Å². The maximum absolute atomic E-state index is 10.2. The monoisotopic (exact) mass is 236 g/mol. The van der Waals surface area contributed by atoms with Crippen LogP contribution >= 0.6 is 0 Å². The third-order valence-corrected chi connectivity index (χ3v) is 2.91. The summed E-state index contributed by atoms with van der Waals surface area (Å²) in [7, 11) is 0. The molecule has 1 N–H and O–H groups in total. The van der Waals surface area contributed by atoms with Crippen molar-refractivity contribution in [2.45, 2.75) is 52.2 Å². The summed E-state index contributed by atoms with van der Waals surface area (Å²) in [5.74, 6) is 0. The lowest BCUT2D eigenvalue weighted by Gasteiger charge is -2.22. The van der Waals surface area contributed by atoms with Gasteiger partial charge in [-0.15, -0.1) is 0 Å². The van der Waals surface area contributed by atoms with Gasteiger partial charge in [0.15, 0.2) is 0 Å². The third kappa shape index (κ3) is 4.88. The number of rotatable bonds is 7. The fraction of sp³-hybridized carbons (Fsp3) is 0.600. The van der Waals surface area contributed by atoms with Crippen molar-refractivity contribution in [3.05, 3.63) is 35.4 Å². The van der Waals surface area contributed by atoms with Crippen LogP contribution in [0, 0.1) is 6.92 Å². The van der Waals surface area contributed by atoms with Gasteiger partial charge in [-0.05, 0) is 25.8 Å². The van der Waals surface area contributed by atoms with Crippen molar-refractivity contribution in [3.8, 4) is 0 Å². The molecule has 2 nitrogen and oxygen atoms in total. The van der Waals surface area contributed by atoms with Crippen molar-refractivity contribution < 1.29 is 9.84 Å². The summed E-state index contributed by atoms with van der Waals surface area (Å²) in [4.78, 5) is 0. The molecule has 96 valence electrons. The Balaban J connectivity index is 2.59. The van der Waals surface area contributed by atoms with Crippen LogP contribution in [0.2, 0.25) is 0 Å². The lowest BCUT2D eigenvalue weighted by molar-refractivity contribution is -0.0363. The molecule has 0 saturated heterocycles. The van der Waals surface area contributed by atoms with Gasteiger partial charge in [-0.1, -0.05) is 43.2 Å². The fourth-order valence-electron chi connectivity index (χ4n) is 2.10. The van der Waals surface area contributed by atoms with Gasteiger partial charge < -0.3 is 9.84 Å². The van der Waals surface area contributed by atoms with Crippen LogP contribution in [0.15, 0.2) is 24.3 Å². The molecular weight excluding hydrogens is 212 g/mol. The van der Waals surface area contributed by atoms with Gasteiger partial charge in [0.25, 0.3) is 0 Å². The van der Waals surface area contributed by atoms with E-state index < -0.39 is 6.10 Å². The Bertz CT molecular complexity index is 316. The van der Waals surface area contributed by atoms with E-state index in [1.807, 2.05) is 13.0 Å². The van der Waals surface area contributed by atoms with Crippen LogP contribution in [0.3, 0.4) is 0 Å². The van der Waals surface area contributed by atoms with Crippen LogP contribution in [0.1, 0.15) is 37.8 Å². The number of aliphatic hydroxyl groups is 1. The van der Waals surface area contributed by atoms with Crippen molar-refractivity contribution in [2.75, 3.05) is 6.61 Å². The molecule has 2 heteroatoms. The Hall–Kier alpha value is -0.860. The van der Waals surface area contributed by atoms with Crippen LogP contribution in [0.5, 0.6) is 0 Å². The molecule has 0 aliphatic carbocycles. The van der Waals surface area contributed by atoms with E-state index in [0.29, 0.717) is 13.0 Å². The molecule has 0 heterocycles. The molecule has 0 aliphatic rings. The first-order valence-electron chi connectivity index (χ1n) is 6.52. The van der Waals surface area contributed by atoms with E-state index in [1.165, 1.54) is 11.1 Å². The van der Waals surface area contributed by atoms with Crippen LogP contribution < -0.4 is 0 Å². The summed E-state index contributed by atoms with van der Waals surface area (Å²) in [5.41, 5.74) is 2.41. The molecule has 0 radical (unpaired) electrons. The van der Waals surface area contributed by atoms with Crippen molar-refractivity contribution in [3.63, 3.8) is 0 Å². The minimum atomic E-state index is -0.406. The highest BCUT2D eigenvalue weighted by Crippen LogP contribution is 2.14. The van der Waals surface area contributed by atoms with E-state index >= 15 is 0 Å². The average Bonchev–Trinajstić information content (AvgIpc) is 2.28. The second-order valence-electron chi connectivity index (χ2n) is 4.54. The predicted molar refractivity (Wildman–Crippen MR) is 71.2 cm³/mol. The second kappa shape index (κ2) is 7.46. The minimum Gasteiger partial charge on any atom is -0.390 e. The molecule has 1 rings (SSSR count). The van der Waals surface area contributed by atoms with Gasteiger partial charge in [0.05, 0.1) is 12.2 Å². The zero-order valence-corrected chi connectivity index (χ0v) is 11.1. The smallest absolute Gasteiger partial charge is 0.0842 e. The lowest BCUT2D eigenvalue weighted by Crippen LogP contribution is -2.30. The maximum Gasteiger partial charge on any atom is 0.0842 e. The molecule has 1 aromatic rings. The minimum absolute atomic E-state index is 0.0366. The number of benzene rings is 1. The molecule has 17 heavy (non-hydrogen) atoms. The maximum atomic E-state index is 10.2. The molecule has 0 saturated carbocycles. The highest BCUT2D eigenvalue weighted by atomic mass is 16.5. The van der Waals surface area contributed by atoms with Crippen LogP contribution in [-0.4, -0.2) is 23.9 Å².